The molecule has 0 atom stereocenters. The Labute approximate surface area is 177 Å². The van der Waals surface area contributed by atoms with Crippen LogP contribution in [-0.2, 0) is 4.79 Å². The molecule has 0 unspecified atom stereocenters. The Morgan fingerprint density at radius 2 is 1.79 bits per heavy atom. The van der Waals surface area contributed by atoms with E-state index in [1.54, 1.807) is 17.4 Å². The zero-order valence-corrected chi connectivity index (χ0v) is 18.5. The van der Waals surface area contributed by atoms with Gasteiger partial charge in [-0.3, -0.25) is 9.69 Å². The van der Waals surface area contributed by atoms with Crippen LogP contribution in [0.3, 0.4) is 0 Å². The van der Waals surface area contributed by atoms with E-state index in [1.807, 2.05) is 41.3 Å². The monoisotopic (exact) mass is 407 g/mol. The fraction of sp³-hybridized carbons (Fsp3) is 0.333. The molecule has 0 saturated carbocycles. The first-order chi connectivity index (χ1) is 14.0. The van der Waals surface area contributed by atoms with Crippen LogP contribution in [0.4, 0.5) is 5.13 Å². The number of aromatic nitrogens is 1. The first-order valence-corrected chi connectivity index (χ1v) is 11.0. The molecule has 0 aliphatic rings. The number of likely N-dealkylation sites (N-methyl/N-ethyl adjacent to an activating group) is 1. The number of benzene rings is 2. The molecule has 0 fully saturated rings. The van der Waals surface area contributed by atoms with Crippen molar-refractivity contribution in [3.63, 3.8) is 0 Å². The average molecular weight is 408 g/mol. The molecule has 3 aromatic rings. The highest BCUT2D eigenvalue weighted by atomic mass is 32.1. The Morgan fingerprint density at radius 3 is 2.48 bits per heavy atom. The van der Waals surface area contributed by atoms with Crippen molar-refractivity contribution < 1.29 is 4.79 Å². The summed E-state index contributed by atoms with van der Waals surface area (Å²) in [5.74, 6) is -0.0329. The molecule has 3 rings (SSSR count). The fourth-order valence-electron chi connectivity index (χ4n) is 3.38. The molecule has 0 aliphatic carbocycles. The van der Waals surface area contributed by atoms with Gasteiger partial charge in [0.25, 0.3) is 5.91 Å². The lowest BCUT2D eigenvalue weighted by Crippen LogP contribution is -2.38. The van der Waals surface area contributed by atoms with Gasteiger partial charge in [-0.15, -0.1) is 0 Å². The minimum absolute atomic E-state index is 0.0329. The van der Waals surface area contributed by atoms with Crippen molar-refractivity contribution in [3.05, 3.63) is 65.2 Å². The number of aryl methyl sites for hydroxylation is 2. The number of hydrogen-bond acceptors (Lipinski definition) is 4. The van der Waals surface area contributed by atoms with Crippen molar-refractivity contribution in [2.45, 2.75) is 27.7 Å². The highest BCUT2D eigenvalue weighted by Crippen LogP contribution is 2.32. The molecule has 0 spiro atoms. The lowest BCUT2D eigenvalue weighted by atomic mass is 10.1. The van der Waals surface area contributed by atoms with Crippen molar-refractivity contribution in [3.8, 4) is 0 Å². The van der Waals surface area contributed by atoms with E-state index in [9.17, 15) is 4.79 Å². The number of hydrogen-bond donors (Lipinski definition) is 0. The van der Waals surface area contributed by atoms with Gasteiger partial charge in [0.1, 0.15) is 0 Å². The Morgan fingerprint density at radius 1 is 1.07 bits per heavy atom. The van der Waals surface area contributed by atoms with Crippen LogP contribution in [0.5, 0.6) is 0 Å². The molecule has 29 heavy (non-hydrogen) atoms. The zero-order chi connectivity index (χ0) is 20.8. The third-order valence-corrected chi connectivity index (χ3v) is 6.29. The number of nitrogens with zero attached hydrogens (tertiary/aromatic N) is 3. The first kappa shape index (κ1) is 21.2. The van der Waals surface area contributed by atoms with Crippen LogP contribution in [-0.4, -0.2) is 42.0 Å². The number of thiazole rings is 1. The predicted molar refractivity (Wildman–Crippen MR) is 125 cm³/mol. The summed E-state index contributed by atoms with van der Waals surface area (Å²) in [7, 11) is 0. The average Bonchev–Trinajstić information content (AvgIpc) is 3.14. The van der Waals surface area contributed by atoms with Gasteiger partial charge in [0.05, 0.1) is 10.2 Å². The van der Waals surface area contributed by atoms with Gasteiger partial charge < -0.3 is 4.90 Å². The summed E-state index contributed by atoms with van der Waals surface area (Å²) < 4.78 is 1.15. The summed E-state index contributed by atoms with van der Waals surface area (Å²) in [6, 6.07) is 14.2. The maximum absolute atomic E-state index is 13.1. The summed E-state index contributed by atoms with van der Waals surface area (Å²) in [6.07, 6.45) is 3.53. The molecule has 0 bridgehead atoms. The van der Waals surface area contributed by atoms with Crippen LogP contribution >= 0.6 is 11.3 Å². The van der Waals surface area contributed by atoms with Gasteiger partial charge in [-0.2, -0.15) is 0 Å². The highest BCUT2D eigenvalue weighted by Gasteiger charge is 2.19. The molecule has 1 amide bonds. The van der Waals surface area contributed by atoms with Crippen molar-refractivity contribution in [1.82, 2.24) is 9.88 Å². The van der Waals surface area contributed by atoms with Crippen LogP contribution in [0.1, 0.15) is 30.5 Å². The number of carbonyl (C=O) groups is 1. The second-order valence-corrected chi connectivity index (χ2v) is 8.16. The van der Waals surface area contributed by atoms with Gasteiger partial charge in [0, 0.05) is 19.2 Å². The normalized spacial score (nSPS) is 11.6. The van der Waals surface area contributed by atoms with E-state index in [0.717, 1.165) is 40.5 Å². The molecule has 0 N–H and O–H groups in total. The van der Waals surface area contributed by atoms with Gasteiger partial charge in [-0.1, -0.05) is 61.6 Å². The molecule has 2 aromatic carbocycles. The Bertz CT molecular complexity index is 990. The van der Waals surface area contributed by atoms with Crippen LogP contribution < -0.4 is 4.90 Å². The van der Waals surface area contributed by atoms with E-state index < -0.39 is 0 Å². The van der Waals surface area contributed by atoms with Crippen LogP contribution in [0.25, 0.3) is 16.3 Å². The molecule has 1 heterocycles. The zero-order valence-electron chi connectivity index (χ0n) is 17.7. The standard InChI is InChI=1S/C24H29N3OS/c1-5-26(6-2)14-15-27(22(28)13-12-20-10-8-7-9-11-20)24-25-21-17-18(3)16-19(4)23(21)29-24/h7-13,16-17H,5-6,14-15H2,1-4H3. The number of rotatable bonds is 8. The van der Waals surface area contributed by atoms with Gasteiger partial charge in [-0.25, -0.2) is 4.98 Å². The van der Waals surface area contributed by atoms with Gasteiger partial charge in [-0.05, 0) is 55.8 Å². The molecule has 5 heteroatoms. The highest BCUT2D eigenvalue weighted by molar-refractivity contribution is 7.22. The summed E-state index contributed by atoms with van der Waals surface area (Å²) in [5, 5.41) is 0.767. The molecule has 0 radical (unpaired) electrons. The molecule has 1 aromatic heterocycles. The maximum Gasteiger partial charge on any atom is 0.252 e. The summed E-state index contributed by atoms with van der Waals surface area (Å²) in [5.41, 5.74) is 4.38. The van der Waals surface area contributed by atoms with Crippen molar-refractivity contribution in [2.24, 2.45) is 0 Å². The third-order valence-electron chi connectivity index (χ3n) is 5.06. The van der Waals surface area contributed by atoms with E-state index in [0.29, 0.717) is 6.54 Å². The maximum atomic E-state index is 13.1. The summed E-state index contributed by atoms with van der Waals surface area (Å²) >= 11 is 1.60. The SMILES string of the molecule is CCN(CC)CCN(C(=O)C=Cc1ccccc1)c1nc2cc(C)cc(C)c2s1. The van der Waals surface area contributed by atoms with Crippen LogP contribution in [0.2, 0.25) is 0 Å². The lowest BCUT2D eigenvalue weighted by Gasteiger charge is -2.23. The van der Waals surface area contributed by atoms with Gasteiger partial charge >= 0.3 is 0 Å². The quantitative estimate of drug-likeness (QED) is 0.475. The third kappa shape index (κ3) is 5.31. The minimum Gasteiger partial charge on any atom is -0.302 e. The van der Waals surface area contributed by atoms with E-state index >= 15 is 0 Å². The smallest absolute Gasteiger partial charge is 0.252 e. The van der Waals surface area contributed by atoms with Crippen molar-refractivity contribution in [1.29, 1.82) is 0 Å². The van der Waals surface area contributed by atoms with Crippen LogP contribution in [0.15, 0.2) is 48.5 Å². The van der Waals surface area contributed by atoms with Crippen molar-refractivity contribution in [2.75, 3.05) is 31.1 Å². The molecule has 0 aliphatic heterocycles. The second-order valence-electron chi connectivity index (χ2n) is 7.19. The number of amides is 1. The topological polar surface area (TPSA) is 36.4 Å². The fourth-order valence-corrected chi connectivity index (χ4v) is 4.43. The Hall–Kier alpha value is -2.50. The van der Waals surface area contributed by atoms with E-state index in [4.69, 9.17) is 4.98 Å². The number of anilines is 1. The minimum atomic E-state index is -0.0329. The summed E-state index contributed by atoms with van der Waals surface area (Å²) in [4.78, 5) is 22.1. The Kier molecular flexibility index (Phi) is 7.18. The Balaban J connectivity index is 1.91. The van der Waals surface area contributed by atoms with Gasteiger partial charge in [0.15, 0.2) is 5.13 Å². The second kappa shape index (κ2) is 9.81. The molecule has 152 valence electrons. The van der Waals surface area contributed by atoms with Crippen molar-refractivity contribution >= 4 is 38.7 Å². The van der Waals surface area contributed by atoms with Crippen LogP contribution in [0, 0.1) is 13.8 Å². The number of fused-ring (bicyclic) bond motifs is 1. The van der Waals surface area contributed by atoms with E-state index in [2.05, 4.69) is 44.7 Å². The molecule has 4 nitrogen and oxygen atoms in total. The van der Waals surface area contributed by atoms with E-state index in [-0.39, 0.29) is 5.91 Å². The van der Waals surface area contributed by atoms with Gasteiger partial charge in [0.2, 0.25) is 0 Å². The number of carbonyl (C=O) groups excluding carboxylic acids is 1. The van der Waals surface area contributed by atoms with E-state index in [1.165, 1.54) is 11.1 Å². The molecular formula is C24H29N3OS. The molecular weight excluding hydrogens is 378 g/mol. The first-order valence-electron chi connectivity index (χ1n) is 10.2. The lowest BCUT2D eigenvalue weighted by molar-refractivity contribution is -0.114. The summed E-state index contributed by atoms with van der Waals surface area (Å²) in [6.45, 7) is 11.9. The largest absolute Gasteiger partial charge is 0.302 e. The predicted octanol–water partition coefficient (Wildman–Crippen LogP) is 5.30. The molecule has 0 saturated heterocycles.